The molecular formula is C19H19Cl2NO3. The number of hydrogen-bond acceptors (Lipinski definition) is 3. The van der Waals surface area contributed by atoms with Crippen LogP contribution in [0.15, 0.2) is 42.5 Å². The van der Waals surface area contributed by atoms with Crippen LogP contribution in [0.25, 0.3) is 11.1 Å². The standard InChI is InChI=1S/C19H19Cl2NO3/c1-2-25-19(24)9-10-22-18(23)12-13-5-3-4-6-15(13)14-7-8-16(20)17(21)11-14/h3-8,11H,2,9-10,12H2,1H3,(H,22,23). The van der Waals surface area contributed by atoms with Gasteiger partial charge < -0.3 is 10.1 Å². The summed E-state index contributed by atoms with van der Waals surface area (Å²) in [5, 5.41) is 3.68. The van der Waals surface area contributed by atoms with E-state index in [1.807, 2.05) is 30.3 Å². The van der Waals surface area contributed by atoms with E-state index in [0.29, 0.717) is 16.7 Å². The fourth-order valence-corrected chi connectivity index (χ4v) is 2.69. The second-order valence-corrected chi connectivity index (χ2v) is 6.18. The van der Waals surface area contributed by atoms with Gasteiger partial charge in [0.15, 0.2) is 0 Å². The third kappa shape index (κ3) is 5.76. The molecule has 1 N–H and O–H groups in total. The van der Waals surface area contributed by atoms with E-state index in [2.05, 4.69) is 5.32 Å². The first-order valence-corrected chi connectivity index (χ1v) is 8.72. The highest BCUT2D eigenvalue weighted by Gasteiger charge is 2.11. The zero-order chi connectivity index (χ0) is 18.2. The van der Waals surface area contributed by atoms with E-state index in [9.17, 15) is 9.59 Å². The SMILES string of the molecule is CCOC(=O)CCNC(=O)Cc1ccccc1-c1ccc(Cl)c(Cl)c1. The number of esters is 1. The number of hydrogen-bond donors (Lipinski definition) is 1. The molecule has 0 spiro atoms. The van der Waals surface area contributed by atoms with Gasteiger partial charge in [-0.05, 0) is 35.7 Å². The second kappa shape index (κ2) is 9.44. The van der Waals surface area contributed by atoms with Crippen molar-refractivity contribution in [3.63, 3.8) is 0 Å². The van der Waals surface area contributed by atoms with Gasteiger partial charge in [0.2, 0.25) is 5.91 Å². The summed E-state index contributed by atoms with van der Waals surface area (Å²) in [6, 6.07) is 13.0. The van der Waals surface area contributed by atoms with Crippen molar-refractivity contribution in [2.75, 3.05) is 13.2 Å². The molecule has 6 heteroatoms. The van der Waals surface area contributed by atoms with E-state index in [-0.39, 0.29) is 31.3 Å². The van der Waals surface area contributed by atoms with Crippen molar-refractivity contribution in [3.8, 4) is 11.1 Å². The van der Waals surface area contributed by atoms with Gasteiger partial charge in [-0.3, -0.25) is 9.59 Å². The first-order valence-electron chi connectivity index (χ1n) is 7.97. The van der Waals surface area contributed by atoms with E-state index in [1.54, 1.807) is 19.1 Å². The Balaban J connectivity index is 2.04. The zero-order valence-electron chi connectivity index (χ0n) is 13.9. The minimum Gasteiger partial charge on any atom is -0.466 e. The lowest BCUT2D eigenvalue weighted by molar-refractivity contribution is -0.143. The third-order valence-electron chi connectivity index (χ3n) is 3.56. The number of amides is 1. The predicted molar refractivity (Wildman–Crippen MR) is 99.9 cm³/mol. The van der Waals surface area contributed by atoms with Crippen molar-refractivity contribution in [1.82, 2.24) is 5.32 Å². The molecule has 0 aromatic heterocycles. The number of carbonyl (C=O) groups is 2. The summed E-state index contributed by atoms with van der Waals surface area (Å²) < 4.78 is 4.83. The Morgan fingerprint density at radius 1 is 1.08 bits per heavy atom. The maximum absolute atomic E-state index is 12.1. The number of ether oxygens (including phenoxy) is 1. The van der Waals surface area contributed by atoms with Crippen molar-refractivity contribution >= 4 is 35.1 Å². The molecule has 0 radical (unpaired) electrons. The number of benzene rings is 2. The van der Waals surface area contributed by atoms with Gasteiger partial charge in [0.05, 0.1) is 29.5 Å². The van der Waals surface area contributed by atoms with E-state index in [0.717, 1.165) is 16.7 Å². The monoisotopic (exact) mass is 379 g/mol. The molecule has 0 fully saturated rings. The lowest BCUT2D eigenvalue weighted by atomic mass is 9.97. The number of carbonyl (C=O) groups excluding carboxylic acids is 2. The van der Waals surface area contributed by atoms with Crippen LogP contribution >= 0.6 is 23.2 Å². The van der Waals surface area contributed by atoms with Crippen LogP contribution in [0.4, 0.5) is 0 Å². The van der Waals surface area contributed by atoms with Gasteiger partial charge in [-0.25, -0.2) is 0 Å². The highest BCUT2D eigenvalue weighted by Crippen LogP contribution is 2.30. The Morgan fingerprint density at radius 3 is 2.56 bits per heavy atom. The fourth-order valence-electron chi connectivity index (χ4n) is 2.39. The Labute approximate surface area is 157 Å². The Morgan fingerprint density at radius 2 is 1.84 bits per heavy atom. The quantitative estimate of drug-likeness (QED) is 0.730. The first kappa shape index (κ1) is 19.3. The van der Waals surface area contributed by atoms with Crippen LogP contribution < -0.4 is 5.32 Å². The van der Waals surface area contributed by atoms with Gasteiger partial charge >= 0.3 is 5.97 Å². The second-order valence-electron chi connectivity index (χ2n) is 5.37. The summed E-state index contributed by atoms with van der Waals surface area (Å²) in [7, 11) is 0. The summed E-state index contributed by atoms with van der Waals surface area (Å²) in [4.78, 5) is 23.4. The number of nitrogens with one attached hydrogen (secondary N) is 1. The lowest BCUT2D eigenvalue weighted by Crippen LogP contribution is -2.28. The summed E-state index contributed by atoms with van der Waals surface area (Å²) in [5.41, 5.74) is 2.68. The van der Waals surface area contributed by atoms with Crippen LogP contribution in [-0.2, 0) is 20.7 Å². The molecule has 0 saturated heterocycles. The Kier molecular flexibility index (Phi) is 7.29. The van der Waals surface area contributed by atoms with E-state index in [4.69, 9.17) is 27.9 Å². The molecule has 0 aliphatic carbocycles. The molecule has 4 nitrogen and oxygen atoms in total. The largest absolute Gasteiger partial charge is 0.466 e. The zero-order valence-corrected chi connectivity index (χ0v) is 15.4. The molecule has 0 aliphatic rings. The predicted octanol–water partition coefficient (Wildman–Crippen LogP) is 4.27. The van der Waals surface area contributed by atoms with Crippen LogP contribution in [0.1, 0.15) is 18.9 Å². The molecule has 0 saturated carbocycles. The molecule has 0 bridgehead atoms. The minimum atomic E-state index is -0.320. The van der Waals surface area contributed by atoms with Gasteiger partial charge in [-0.15, -0.1) is 0 Å². The van der Waals surface area contributed by atoms with Crippen molar-refractivity contribution < 1.29 is 14.3 Å². The molecule has 132 valence electrons. The molecule has 0 unspecified atom stereocenters. The molecule has 2 aromatic carbocycles. The number of halogens is 2. The average Bonchev–Trinajstić information content (AvgIpc) is 2.58. The van der Waals surface area contributed by atoms with E-state index < -0.39 is 0 Å². The van der Waals surface area contributed by atoms with Crippen LogP contribution in [-0.4, -0.2) is 25.0 Å². The van der Waals surface area contributed by atoms with Gasteiger partial charge in [0.1, 0.15) is 0 Å². The van der Waals surface area contributed by atoms with Gasteiger partial charge in [0.25, 0.3) is 0 Å². The highest BCUT2D eigenvalue weighted by molar-refractivity contribution is 6.42. The average molecular weight is 380 g/mol. The Hall–Kier alpha value is -2.04. The molecule has 2 rings (SSSR count). The number of rotatable bonds is 7. The first-order chi connectivity index (χ1) is 12.0. The van der Waals surface area contributed by atoms with Crippen LogP contribution in [0.3, 0.4) is 0 Å². The molecule has 1 amide bonds. The molecule has 0 aliphatic heterocycles. The topological polar surface area (TPSA) is 55.4 Å². The molecule has 2 aromatic rings. The van der Waals surface area contributed by atoms with Crippen molar-refractivity contribution in [2.45, 2.75) is 19.8 Å². The van der Waals surface area contributed by atoms with Crippen LogP contribution in [0.2, 0.25) is 10.0 Å². The lowest BCUT2D eigenvalue weighted by Gasteiger charge is -2.11. The van der Waals surface area contributed by atoms with Crippen LogP contribution in [0, 0.1) is 0 Å². The fraction of sp³-hybridized carbons (Fsp3) is 0.263. The van der Waals surface area contributed by atoms with E-state index in [1.165, 1.54) is 0 Å². The van der Waals surface area contributed by atoms with Gasteiger partial charge in [-0.2, -0.15) is 0 Å². The highest BCUT2D eigenvalue weighted by atomic mass is 35.5. The maximum atomic E-state index is 12.1. The summed E-state index contributed by atoms with van der Waals surface area (Å²) >= 11 is 12.1. The molecule has 25 heavy (non-hydrogen) atoms. The molecular weight excluding hydrogens is 361 g/mol. The summed E-state index contributed by atoms with van der Waals surface area (Å²) in [6.07, 6.45) is 0.368. The van der Waals surface area contributed by atoms with Gasteiger partial charge in [-0.1, -0.05) is 53.5 Å². The smallest absolute Gasteiger partial charge is 0.307 e. The maximum Gasteiger partial charge on any atom is 0.307 e. The van der Waals surface area contributed by atoms with E-state index >= 15 is 0 Å². The normalized spacial score (nSPS) is 10.4. The third-order valence-corrected chi connectivity index (χ3v) is 4.29. The minimum absolute atomic E-state index is 0.156. The van der Waals surface area contributed by atoms with Crippen molar-refractivity contribution in [3.05, 3.63) is 58.1 Å². The molecule has 0 heterocycles. The molecule has 0 atom stereocenters. The van der Waals surface area contributed by atoms with Crippen LogP contribution in [0.5, 0.6) is 0 Å². The van der Waals surface area contributed by atoms with Gasteiger partial charge in [0, 0.05) is 6.54 Å². The Bertz CT molecular complexity index is 762. The van der Waals surface area contributed by atoms with Crippen molar-refractivity contribution in [2.24, 2.45) is 0 Å². The summed E-state index contributed by atoms with van der Waals surface area (Å²) in [6.45, 7) is 2.34. The van der Waals surface area contributed by atoms with Crippen molar-refractivity contribution in [1.29, 1.82) is 0 Å². The summed E-state index contributed by atoms with van der Waals surface area (Å²) in [5.74, 6) is -0.476.